The summed E-state index contributed by atoms with van der Waals surface area (Å²) in [5, 5.41) is 12.6. The molecule has 1 aliphatic carbocycles. The highest BCUT2D eigenvalue weighted by atomic mass is 32.2. The standard InChI is InChI=1S/C22H32N4OS/c1-6-26-19(16-11-13-17(14-12-16)22(3,4)5)24-25-21(26)28-15(2)20(27)23-18-9-7-8-10-18/h11-15,18H,6-10H2,1-5H3,(H,23,27). The second kappa shape index (κ2) is 8.68. The Hall–Kier alpha value is -1.82. The Balaban J connectivity index is 1.73. The van der Waals surface area contributed by atoms with Crippen LogP contribution < -0.4 is 5.32 Å². The number of thioether (sulfide) groups is 1. The zero-order chi connectivity index (χ0) is 20.3. The Morgan fingerprint density at radius 3 is 2.43 bits per heavy atom. The van der Waals surface area contributed by atoms with Crippen LogP contribution in [-0.2, 0) is 16.8 Å². The first-order valence-corrected chi connectivity index (χ1v) is 11.2. The van der Waals surface area contributed by atoms with Crippen molar-refractivity contribution in [3.63, 3.8) is 0 Å². The van der Waals surface area contributed by atoms with E-state index in [1.807, 2.05) is 6.92 Å². The first-order valence-electron chi connectivity index (χ1n) is 10.3. The van der Waals surface area contributed by atoms with Crippen molar-refractivity contribution in [2.24, 2.45) is 0 Å². The van der Waals surface area contributed by atoms with Crippen LogP contribution in [0.5, 0.6) is 0 Å². The number of amides is 1. The van der Waals surface area contributed by atoms with E-state index >= 15 is 0 Å². The number of nitrogens with one attached hydrogen (secondary N) is 1. The summed E-state index contributed by atoms with van der Waals surface area (Å²) >= 11 is 1.49. The van der Waals surface area contributed by atoms with E-state index in [0.717, 1.165) is 35.9 Å². The Morgan fingerprint density at radius 1 is 1.21 bits per heavy atom. The third-order valence-electron chi connectivity index (χ3n) is 5.40. The maximum Gasteiger partial charge on any atom is 0.233 e. The average Bonchev–Trinajstić information content (AvgIpc) is 3.30. The van der Waals surface area contributed by atoms with Gasteiger partial charge in [0.2, 0.25) is 5.91 Å². The van der Waals surface area contributed by atoms with Gasteiger partial charge in [-0.3, -0.25) is 4.79 Å². The predicted octanol–water partition coefficient (Wildman–Crippen LogP) is 4.80. The van der Waals surface area contributed by atoms with E-state index in [1.54, 1.807) is 0 Å². The summed E-state index contributed by atoms with van der Waals surface area (Å²) in [5.74, 6) is 0.951. The first-order chi connectivity index (χ1) is 13.3. The van der Waals surface area contributed by atoms with Gasteiger partial charge < -0.3 is 9.88 Å². The molecule has 0 radical (unpaired) electrons. The van der Waals surface area contributed by atoms with E-state index in [4.69, 9.17) is 0 Å². The topological polar surface area (TPSA) is 59.8 Å². The fraction of sp³-hybridized carbons (Fsp3) is 0.591. The second-order valence-corrected chi connectivity index (χ2v) is 9.94. The summed E-state index contributed by atoms with van der Waals surface area (Å²) in [5.41, 5.74) is 2.47. The van der Waals surface area contributed by atoms with Crippen LogP contribution in [0.1, 0.15) is 65.9 Å². The molecule has 1 N–H and O–H groups in total. The summed E-state index contributed by atoms with van der Waals surface area (Å²) < 4.78 is 2.09. The monoisotopic (exact) mass is 400 g/mol. The van der Waals surface area contributed by atoms with Gasteiger partial charge >= 0.3 is 0 Å². The SMILES string of the molecule is CCn1c(SC(C)C(=O)NC2CCCC2)nnc1-c1ccc(C(C)(C)C)cc1. The van der Waals surface area contributed by atoms with Crippen molar-refractivity contribution in [3.8, 4) is 11.4 Å². The van der Waals surface area contributed by atoms with Gasteiger partial charge in [-0.1, -0.05) is 69.6 Å². The summed E-state index contributed by atoms with van der Waals surface area (Å²) in [4.78, 5) is 12.5. The molecule has 152 valence electrons. The molecule has 5 nitrogen and oxygen atoms in total. The minimum Gasteiger partial charge on any atom is -0.352 e. The van der Waals surface area contributed by atoms with Crippen LogP contribution in [0.25, 0.3) is 11.4 Å². The molecule has 3 rings (SSSR count). The normalized spacial score (nSPS) is 16.3. The zero-order valence-corrected chi connectivity index (χ0v) is 18.5. The smallest absolute Gasteiger partial charge is 0.233 e. The molecule has 1 aliphatic rings. The maximum atomic E-state index is 12.5. The van der Waals surface area contributed by atoms with E-state index in [-0.39, 0.29) is 16.6 Å². The highest BCUT2D eigenvalue weighted by Crippen LogP contribution is 2.29. The van der Waals surface area contributed by atoms with Crippen LogP contribution in [0, 0.1) is 0 Å². The summed E-state index contributed by atoms with van der Waals surface area (Å²) in [6.45, 7) is 11.4. The lowest BCUT2D eigenvalue weighted by atomic mass is 9.87. The van der Waals surface area contributed by atoms with Crippen molar-refractivity contribution in [3.05, 3.63) is 29.8 Å². The van der Waals surface area contributed by atoms with E-state index in [1.165, 1.54) is 30.2 Å². The molecule has 1 heterocycles. The Labute approximate surface area is 172 Å². The summed E-state index contributed by atoms with van der Waals surface area (Å²) in [6.07, 6.45) is 4.63. The molecule has 0 aliphatic heterocycles. The average molecular weight is 401 g/mol. The second-order valence-electron chi connectivity index (χ2n) is 8.63. The molecule has 0 bridgehead atoms. The third kappa shape index (κ3) is 4.77. The Kier molecular flexibility index (Phi) is 6.48. The molecule has 2 aromatic rings. The van der Waals surface area contributed by atoms with Crippen molar-refractivity contribution in [1.82, 2.24) is 20.1 Å². The number of aromatic nitrogens is 3. The van der Waals surface area contributed by atoms with Crippen molar-refractivity contribution < 1.29 is 4.79 Å². The number of carbonyl (C=O) groups is 1. The third-order valence-corrected chi connectivity index (χ3v) is 6.48. The number of hydrogen-bond donors (Lipinski definition) is 1. The quantitative estimate of drug-likeness (QED) is 0.708. The van der Waals surface area contributed by atoms with Crippen molar-refractivity contribution in [2.45, 2.75) is 88.7 Å². The van der Waals surface area contributed by atoms with Gasteiger partial charge in [-0.15, -0.1) is 10.2 Å². The molecular weight excluding hydrogens is 368 g/mol. The lowest BCUT2D eigenvalue weighted by molar-refractivity contribution is -0.120. The van der Waals surface area contributed by atoms with Crippen molar-refractivity contribution in [2.75, 3.05) is 0 Å². The number of rotatable bonds is 6. The lowest BCUT2D eigenvalue weighted by Gasteiger charge is -2.19. The largest absolute Gasteiger partial charge is 0.352 e. The van der Waals surface area contributed by atoms with Gasteiger partial charge in [-0.25, -0.2) is 0 Å². The van der Waals surface area contributed by atoms with Crippen molar-refractivity contribution >= 4 is 17.7 Å². The number of benzene rings is 1. The van der Waals surface area contributed by atoms with Gasteiger partial charge in [0.15, 0.2) is 11.0 Å². The lowest BCUT2D eigenvalue weighted by Crippen LogP contribution is -2.37. The molecule has 1 aromatic heterocycles. The van der Waals surface area contributed by atoms with Gasteiger partial charge in [-0.2, -0.15) is 0 Å². The fourth-order valence-electron chi connectivity index (χ4n) is 3.59. The van der Waals surface area contributed by atoms with E-state index < -0.39 is 0 Å². The van der Waals surface area contributed by atoms with Crippen LogP contribution in [0.3, 0.4) is 0 Å². The highest BCUT2D eigenvalue weighted by molar-refractivity contribution is 8.00. The fourth-order valence-corrected chi connectivity index (χ4v) is 4.52. The first kappa shape index (κ1) is 20.9. The Bertz CT molecular complexity index is 801. The van der Waals surface area contributed by atoms with Crippen LogP contribution >= 0.6 is 11.8 Å². The molecule has 1 atom stereocenters. The molecule has 28 heavy (non-hydrogen) atoms. The van der Waals surface area contributed by atoms with Crippen molar-refractivity contribution in [1.29, 1.82) is 0 Å². The van der Waals surface area contributed by atoms with Gasteiger partial charge in [0.05, 0.1) is 5.25 Å². The molecule has 1 unspecified atom stereocenters. The van der Waals surface area contributed by atoms with Gasteiger partial charge in [0, 0.05) is 18.2 Å². The molecule has 1 amide bonds. The predicted molar refractivity (Wildman–Crippen MR) is 116 cm³/mol. The molecule has 6 heteroatoms. The number of nitrogens with zero attached hydrogens (tertiary/aromatic N) is 3. The zero-order valence-electron chi connectivity index (χ0n) is 17.7. The minimum absolute atomic E-state index is 0.0960. The maximum absolute atomic E-state index is 12.5. The van der Waals surface area contributed by atoms with Crippen LogP contribution in [0.15, 0.2) is 29.4 Å². The number of carbonyl (C=O) groups excluding carboxylic acids is 1. The van der Waals surface area contributed by atoms with Gasteiger partial charge in [0.1, 0.15) is 0 Å². The van der Waals surface area contributed by atoms with Crippen LogP contribution in [0.4, 0.5) is 0 Å². The van der Waals surface area contributed by atoms with E-state index in [2.05, 4.69) is 72.0 Å². The molecule has 1 fully saturated rings. The summed E-state index contributed by atoms with van der Waals surface area (Å²) in [7, 11) is 0. The minimum atomic E-state index is -0.189. The Morgan fingerprint density at radius 2 is 1.86 bits per heavy atom. The highest BCUT2D eigenvalue weighted by Gasteiger charge is 2.24. The molecule has 0 spiro atoms. The summed E-state index contributed by atoms with van der Waals surface area (Å²) in [6, 6.07) is 8.89. The molecular formula is C22H32N4OS. The molecule has 0 saturated heterocycles. The number of hydrogen-bond acceptors (Lipinski definition) is 4. The van der Waals surface area contributed by atoms with Gasteiger partial charge in [-0.05, 0) is 37.7 Å². The molecule has 1 aromatic carbocycles. The molecule has 1 saturated carbocycles. The van der Waals surface area contributed by atoms with E-state index in [9.17, 15) is 4.79 Å². The van der Waals surface area contributed by atoms with E-state index in [0.29, 0.717) is 6.04 Å². The van der Waals surface area contributed by atoms with Crippen LogP contribution in [-0.4, -0.2) is 32.0 Å². The van der Waals surface area contributed by atoms with Gasteiger partial charge in [0.25, 0.3) is 0 Å². The van der Waals surface area contributed by atoms with Crippen LogP contribution in [0.2, 0.25) is 0 Å².